The SMILES string of the molecule is Cc1cccc(NC(=O)[C@@H](C)Sc2nnc(C3CC3)n2C)c1. The molecule has 6 heteroatoms. The second-order valence-electron chi connectivity index (χ2n) is 5.79. The molecular weight excluding hydrogens is 296 g/mol. The molecule has 0 saturated heterocycles. The summed E-state index contributed by atoms with van der Waals surface area (Å²) < 4.78 is 2.01. The summed E-state index contributed by atoms with van der Waals surface area (Å²) in [7, 11) is 1.97. The van der Waals surface area contributed by atoms with Crippen LogP contribution < -0.4 is 5.32 Å². The first-order chi connectivity index (χ1) is 10.5. The minimum absolute atomic E-state index is 0.0217. The highest BCUT2D eigenvalue weighted by atomic mass is 32.2. The quantitative estimate of drug-likeness (QED) is 0.861. The highest BCUT2D eigenvalue weighted by Gasteiger charge is 2.30. The Morgan fingerprint density at radius 1 is 1.41 bits per heavy atom. The Labute approximate surface area is 134 Å². The minimum Gasteiger partial charge on any atom is -0.325 e. The largest absolute Gasteiger partial charge is 0.325 e. The Kier molecular flexibility index (Phi) is 4.20. The Hall–Kier alpha value is -1.82. The van der Waals surface area contributed by atoms with Crippen molar-refractivity contribution in [3.8, 4) is 0 Å². The van der Waals surface area contributed by atoms with Gasteiger partial charge in [0.2, 0.25) is 5.91 Å². The molecule has 1 amide bonds. The summed E-state index contributed by atoms with van der Waals surface area (Å²) in [6, 6.07) is 7.80. The smallest absolute Gasteiger partial charge is 0.237 e. The topological polar surface area (TPSA) is 59.8 Å². The number of aromatic nitrogens is 3. The Morgan fingerprint density at radius 2 is 2.18 bits per heavy atom. The van der Waals surface area contributed by atoms with E-state index in [1.54, 1.807) is 0 Å². The van der Waals surface area contributed by atoms with Gasteiger partial charge in [0.25, 0.3) is 0 Å². The maximum atomic E-state index is 12.3. The van der Waals surface area contributed by atoms with E-state index in [0.717, 1.165) is 22.2 Å². The van der Waals surface area contributed by atoms with Crippen molar-refractivity contribution in [2.75, 3.05) is 5.32 Å². The van der Waals surface area contributed by atoms with Crippen LogP contribution in [0.2, 0.25) is 0 Å². The lowest BCUT2D eigenvalue weighted by Crippen LogP contribution is -2.22. The van der Waals surface area contributed by atoms with Crippen molar-refractivity contribution in [1.82, 2.24) is 14.8 Å². The van der Waals surface area contributed by atoms with Crippen LogP contribution in [0.1, 0.15) is 37.1 Å². The average Bonchev–Trinajstić information content (AvgIpc) is 3.25. The van der Waals surface area contributed by atoms with E-state index in [4.69, 9.17) is 0 Å². The molecule has 3 rings (SSSR count). The van der Waals surface area contributed by atoms with Crippen LogP contribution in [0.4, 0.5) is 5.69 Å². The third kappa shape index (κ3) is 3.32. The number of benzene rings is 1. The Bertz CT molecular complexity index is 693. The zero-order valence-corrected chi connectivity index (χ0v) is 13.9. The molecule has 1 aliphatic carbocycles. The number of nitrogens with zero attached hydrogens (tertiary/aromatic N) is 3. The van der Waals surface area contributed by atoms with Gasteiger partial charge in [-0.3, -0.25) is 4.79 Å². The summed E-state index contributed by atoms with van der Waals surface area (Å²) >= 11 is 1.45. The molecule has 0 unspecified atom stereocenters. The van der Waals surface area contributed by atoms with Crippen molar-refractivity contribution in [1.29, 1.82) is 0 Å². The molecule has 116 valence electrons. The van der Waals surface area contributed by atoms with Gasteiger partial charge in [-0.2, -0.15) is 0 Å². The number of hydrogen-bond acceptors (Lipinski definition) is 4. The van der Waals surface area contributed by atoms with Crippen LogP contribution in [0.5, 0.6) is 0 Å². The molecule has 1 saturated carbocycles. The summed E-state index contributed by atoms with van der Waals surface area (Å²) in [6.07, 6.45) is 2.39. The molecule has 0 spiro atoms. The maximum absolute atomic E-state index is 12.3. The van der Waals surface area contributed by atoms with Crippen LogP contribution in [-0.2, 0) is 11.8 Å². The molecule has 1 aromatic carbocycles. The van der Waals surface area contributed by atoms with Crippen molar-refractivity contribution >= 4 is 23.4 Å². The normalized spacial score (nSPS) is 15.6. The molecule has 0 radical (unpaired) electrons. The van der Waals surface area contributed by atoms with Crippen LogP contribution in [0.3, 0.4) is 0 Å². The van der Waals surface area contributed by atoms with Gasteiger partial charge < -0.3 is 9.88 Å². The molecule has 1 heterocycles. The van der Waals surface area contributed by atoms with Crippen molar-refractivity contribution in [3.63, 3.8) is 0 Å². The van der Waals surface area contributed by atoms with Gasteiger partial charge in [0.05, 0.1) is 5.25 Å². The second kappa shape index (κ2) is 6.12. The van der Waals surface area contributed by atoms with Crippen LogP contribution in [-0.4, -0.2) is 25.9 Å². The number of thioether (sulfide) groups is 1. The molecule has 0 aliphatic heterocycles. The van der Waals surface area contributed by atoms with E-state index in [0.29, 0.717) is 5.92 Å². The molecule has 1 fully saturated rings. The van der Waals surface area contributed by atoms with Gasteiger partial charge in [-0.05, 0) is 44.4 Å². The zero-order chi connectivity index (χ0) is 15.7. The van der Waals surface area contributed by atoms with E-state index in [1.165, 1.54) is 24.6 Å². The number of anilines is 1. The first-order valence-electron chi connectivity index (χ1n) is 7.48. The highest BCUT2D eigenvalue weighted by Crippen LogP contribution is 2.39. The fraction of sp³-hybridized carbons (Fsp3) is 0.438. The lowest BCUT2D eigenvalue weighted by molar-refractivity contribution is -0.115. The summed E-state index contributed by atoms with van der Waals surface area (Å²) in [5.41, 5.74) is 1.95. The summed E-state index contributed by atoms with van der Waals surface area (Å²) in [4.78, 5) is 12.3. The van der Waals surface area contributed by atoms with Crippen LogP contribution in [0.15, 0.2) is 29.4 Å². The van der Waals surface area contributed by atoms with E-state index >= 15 is 0 Å². The molecular formula is C16H20N4OS. The number of amides is 1. The molecule has 22 heavy (non-hydrogen) atoms. The summed E-state index contributed by atoms with van der Waals surface area (Å²) in [5.74, 6) is 1.57. The number of aryl methyl sites for hydroxylation is 1. The predicted molar refractivity (Wildman–Crippen MR) is 88.1 cm³/mol. The Morgan fingerprint density at radius 3 is 2.86 bits per heavy atom. The minimum atomic E-state index is -0.226. The fourth-order valence-corrected chi connectivity index (χ4v) is 3.13. The Balaban J connectivity index is 1.63. The van der Waals surface area contributed by atoms with Gasteiger partial charge in [0, 0.05) is 18.7 Å². The van der Waals surface area contributed by atoms with E-state index in [2.05, 4.69) is 15.5 Å². The fourth-order valence-electron chi connectivity index (χ4n) is 2.30. The number of carbonyl (C=O) groups excluding carboxylic acids is 1. The van der Waals surface area contributed by atoms with E-state index in [-0.39, 0.29) is 11.2 Å². The van der Waals surface area contributed by atoms with Crippen molar-refractivity contribution in [2.24, 2.45) is 7.05 Å². The van der Waals surface area contributed by atoms with E-state index < -0.39 is 0 Å². The third-order valence-corrected chi connectivity index (χ3v) is 4.88. The van der Waals surface area contributed by atoms with Gasteiger partial charge >= 0.3 is 0 Å². The maximum Gasteiger partial charge on any atom is 0.237 e. The highest BCUT2D eigenvalue weighted by molar-refractivity contribution is 8.00. The van der Waals surface area contributed by atoms with Gasteiger partial charge in [0.1, 0.15) is 5.82 Å². The molecule has 1 atom stereocenters. The van der Waals surface area contributed by atoms with Gasteiger partial charge in [0.15, 0.2) is 5.16 Å². The standard InChI is InChI=1S/C16H20N4OS/c1-10-5-4-6-13(9-10)17-15(21)11(2)22-16-19-18-14(20(16)3)12-7-8-12/h4-6,9,11-12H,7-8H2,1-3H3,(H,17,21)/t11-/m1/s1. The van der Waals surface area contributed by atoms with Crippen LogP contribution in [0.25, 0.3) is 0 Å². The molecule has 1 aromatic heterocycles. The lowest BCUT2D eigenvalue weighted by Gasteiger charge is -2.12. The summed E-state index contributed by atoms with van der Waals surface area (Å²) in [6.45, 7) is 3.90. The molecule has 1 N–H and O–H groups in total. The van der Waals surface area contributed by atoms with Gasteiger partial charge in [-0.25, -0.2) is 0 Å². The van der Waals surface area contributed by atoms with Gasteiger partial charge in [-0.1, -0.05) is 23.9 Å². The lowest BCUT2D eigenvalue weighted by atomic mass is 10.2. The van der Waals surface area contributed by atoms with Crippen molar-refractivity contribution in [3.05, 3.63) is 35.7 Å². The van der Waals surface area contributed by atoms with E-state index in [9.17, 15) is 4.79 Å². The molecule has 2 aromatic rings. The monoisotopic (exact) mass is 316 g/mol. The van der Waals surface area contributed by atoms with Crippen LogP contribution in [0, 0.1) is 6.92 Å². The first-order valence-corrected chi connectivity index (χ1v) is 8.36. The molecule has 1 aliphatic rings. The summed E-state index contributed by atoms with van der Waals surface area (Å²) in [5, 5.41) is 12.0. The second-order valence-corrected chi connectivity index (χ2v) is 7.10. The molecule has 0 bridgehead atoms. The zero-order valence-electron chi connectivity index (χ0n) is 13.0. The first kappa shape index (κ1) is 15.1. The number of rotatable bonds is 5. The number of hydrogen-bond donors (Lipinski definition) is 1. The number of nitrogens with one attached hydrogen (secondary N) is 1. The van der Waals surface area contributed by atoms with Crippen molar-refractivity contribution in [2.45, 2.75) is 43.0 Å². The third-order valence-electron chi connectivity index (χ3n) is 3.75. The van der Waals surface area contributed by atoms with Crippen molar-refractivity contribution < 1.29 is 4.79 Å². The van der Waals surface area contributed by atoms with E-state index in [1.807, 2.05) is 49.7 Å². The predicted octanol–water partition coefficient (Wildman–Crippen LogP) is 3.12. The molecule has 5 nitrogen and oxygen atoms in total. The van der Waals surface area contributed by atoms with Crippen LogP contribution >= 0.6 is 11.8 Å². The average molecular weight is 316 g/mol. The van der Waals surface area contributed by atoms with Gasteiger partial charge in [-0.15, -0.1) is 10.2 Å². The number of carbonyl (C=O) groups is 1.